The molecule has 14 aromatic carbocycles. The summed E-state index contributed by atoms with van der Waals surface area (Å²) in [4.78, 5) is 4.63. The summed E-state index contributed by atoms with van der Waals surface area (Å²) in [5.41, 5.74) is 19.9. The van der Waals surface area contributed by atoms with Crippen LogP contribution >= 0.6 is 0 Å². The Labute approximate surface area is 615 Å². The molecule has 5 heterocycles. The van der Waals surface area contributed by atoms with Crippen LogP contribution in [-0.2, 0) is 16.2 Å². The molecule has 2 aliphatic heterocycles. The van der Waals surface area contributed by atoms with Crippen molar-refractivity contribution >= 4 is 99.5 Å². The van der Waals surface area contributed by atoms with Crippen LogP contribution in [-0.4, -0.2) is 13.7 Å². The average molecular weight is 1330 g/mol. The third-order valence-electron chi connectivity index (χ3n) is 21.2. The predicted octanol–water partition coefficient (Wildman–Crippen LogP) is 26.6. The molecule has 102 heavy (non-hydrogen) atoms. The molecule has 2 aliphatic rings. The molecule has 0 N–H and O–H groups in total. The molecule has 17 aromatic rings. The number of para-hydroxylation sites is 5. The maximum Gasteiger partial charge on any atom is 0.0783 e. The molecule has 19 rings (SSSR count). The van der Waals surface area contributed by atoms with Gasteiger partial charge in [0.15, 0.2) is 0 Å². The second-order valence-electron chi connectivity index (χ2n) is 30.4. The Balaban J connectivity index is 0.971. The minimum Gasteiger partial charge on any atom is -0.310 e. The molecule has 0 radical (unpaired) electrons. The van der Waals surface area contributed by atoms with Crippen molar-refractivity contribution < 1.29 is 17.8 Å². The number of aromatic nitrogens is 3. The highest BCUT2D eigenvalue weighted by Crippen LogP contribution is 2.63. The lowest BCUT2D eigenvalue weighted by atomic mass is 9.73. The summed E-state index contributed by atoms with van der Waals surface area (Å²) < 4.78 is 128. The van der Waals surface area contributed by atoms with Crippen molar-refractivity contribution in [3.8, 4) is 50.4 Å². The third-order valence-corrected chi connectivity index (χ3v) is 21.2. The molecule has 5 nitrogen and oxygen atoms in total. The van der Waals surface area contributed by atoms with Gasteiger partial charge in [0, 0.05) is 60.9 Å². The van der Waals surface area contributed by atoms with Crippen molar-refractivity contribution in [3.05, 3.63) is 342 Å². The summed E-state index contributed by atoms with van der Waals surface area (Å²) in [6.45, 7) is 20.2. The van der Waals surface area contributed by atoms with Crippen molar-refractivity contribution in [1.82, 2.24) is 13.7 Å². The van der Waals surface area contributed by atoms with Crippen LogP contribution in [0.3, 0.4) is 0 Å². The topological polar surface area (TPSA) is 21.3 Å². The molecule has 0 amide bonds. The molecule has 3 aromatic heterocycles. The van der Waals surface area contributed by atoms with Gasteiger partial charge in [0.2, 0.25) is 0 Å². The molecule has 0 saturated carbocycles. The summed E-state index contributed by atoms with van der Waals surface area (Å²) in [5.74, 6) is -0.656. The van der Waals surface area contributed by atoms with E-state index >= 15 is 0 Å². The maximum absolute atomic E-state index is 9.75. The van der Waals surface area contributed by atoms with Crippen LogP contribution in [0.5, 0.6) is 0 Å². The first-order chi connectivity index (χ1) is 54.9. The molecule has 492 valence electrons. The number of nitrogens with zero attached hydrogens (tertiary/aromatic N) is 5. The van der Waals surface area contributed by atoms with Gasteiger partial charge in [0.05, 0.1) is 85.0 Å². The van der Waals surface area contributed by atoms with Crippen LogP contribution < -0.4 is 9.80 Å². The number of fused-ring (bicyclic) bond motifs is 13. The average Bonchev–Trinajstić information content (AvgIpc) is 1.67. The lowest BCUT2D eigenvalue weighted by Crippen LogP contribution is -2.30. The zero-order chi connectivity index (χ0) is 80.4. The number of anilines is 6. The van der Waals surface area contributed by atoms with E-state index in [1.54, 1.807) is 4.57 Å². The zero-order valence-electron chi connectivity index (χ0n) is 71.3. The Morgan fingerprint density at radius 3 is 1.33 bits per heavy atom. The lowest BCUT2D eigenvalue weighted by molar-refractivity contribution is 0.589. The quantitative estimate of drug-likeness (QED) is 0.151. The minimum atomic E-state index is -0.656. The van der Waals surface area contributed by atoms with Crippen LogP contribution in [0.25, 0.3) is 116 Å². The van der Waals surface area contributed by atoms with Gasteiger partial charge in [0.25, 0.3) is 0 Å². The van der Waals surface area contributed by atoms with Gasteiger partial charge in [-0.05, 0) is 187 Å². The van der Waals surface area contributed by atoms with E-state index < -0.39 is 77.8 Å². The van der Waals surface area contributed by atoms with E-state index in [1.165, 1.54) is 11.1 Å². The van der Waals surface area contributed by atoms with Crippen LogP contribution in [0.15, 0.2) is 309 Å². The van der Waals surface area contributed by atoms with Crippen LogP contribution in [0.1, 0.15) is 119 Å². The third kappa shape index (κ3) is 9.58. The van der Waals surface area contributed by atoms with Gasteiger partial charge in [-0.1, -0.05) is 262 Å². The van der Waals surface area contributed by atoms with Crippen LogP contribution in [0.4, 0.5) is 34.1 Å². The molecule has 0 bridgehead atoms. The molecule has 5 heteroatoms. The number of hydrogen-bond acceptors (Lipinski definition) is 2. The summed E-state index contributed by atoms with van der Waals surface area (Å²) in [6, 6.07) is 74.9. The normalized spacial score (nSPS) is 15.6. The lowest BCUT2D eigenvalue weighted by Gasteiger charge is -2.46. The predicted molar refractivity (Wildman–Crippen MR) is 432 cm³/mol. The summed E-state index contributed by atoms with van der Waals surface area (Å²) in [5, 5.41) is 4.18. The fraction of sp³-hybridized carbons (Fsp3) is 0.134. The van der Waals surface area contributed by atoms with Crippen molar-refractivity contribution in [2.45, 2.75) is 84.5 Å². The van der Waals surface area contributed by atoms with Gasteiger partial charge < -0.3 is 23.5 Å². The van der Waals surface area contributed by atoms with Gasteiger partial charge in [-0.25, -0.2) is 0 Å². The number of rotatable bonds is 8. The van der Waals surface area contributed by atoms with E-state index in [1.807, 2.05) is 78.9 Å². The summed E-state index contributed by atoms with van der Waals surface area (Å²) in [6.07, 6.45) is 0. The molecule has 0 saturated heterocycles. The molecular formula is C97H79N5. The van der Waals surface area contributed by atoms with E-state index in [4.69, 9.17) is 6.85 Å². The minimum absolute atomic E-state index is 0.0158. The number of hydrogen-bond donors (Lipinski definition) is 0. The Morgan fingerprint density at radius 1 is 0.265 bits per heavy atom. The fourth-order valence-corrected chi connectivity index (χ4v) is 16.1. The first-order valence-corrected chi connectivity index (χ1v) is 35.0. The van der Waals surface area contributed by atoms with E-state index in [0.717, 1.165) is 122 Å². The van der Waals surface area contributed by atoms with Crippen LogP contribution in [0.2, 0.25) is 0 Å². The van der Waals surface area contributed by atoms with E-state index in [2.05, 4.69) is 233 Å². The summed E-state index contributed by atoms with van der Waals surface area (Å²) in [7, 11) is 0. The number of benzene rings is 14. The first kappa shape index (κ1) is 48.8. The van der Waals surface area contributed by atoms with Gasteiger partial charge in [-0.15, -0.1) is 0 Å². The van der Waals surface area contributed by atoms with E-state index in [0.29, 0.717) is 22.6 Å². The standard InChI is InChI=1S/C97H79N5/c1-95(2,3)67-45-50-83-79(56-67)80-57-68(96(4,5)6)46-51-84(80)101(83)85-42-26-38-75-76-39-27-43-86(94(76)100(93(75)85)70-34-20-13-21-35-70)102-87-55-64(61-28-14-10-15-29-61)44-48-77(87)91-78-49-47-71(98-81-40-24-22-36-73(81)74-37-23-25-41-82(74)98)60-88(78)99(89-58-69(97(7,8)9)59-90(102)92(89)91)72-53-65(62-30-16-11-17-31-62)52-66(54-72)63-32-18-12-19-33-63/h10-60,91H,1-9H3/i10D,14D,15D,22D,23D,24D,25D,28D,29D,36D,37D,40D,41D. The Hall–Kier alpha value is -11.9. The molecule has 0 fully saturated rings. The molecule has 0 spiro atoms. The molecular weight excluding hydrogens is 1240 g/mol. The Bertz CT molecular complexity index is 6850. The van der Waals surface area contributed by atoms with Crippen molar-refractivity contribution in [2.75, 3.05) is 9.80 Å². The highest BCUT2D eigenvalue weighted by Gasteiger charge is 2.44. The highest BCUT2D eigenvalue weighted by molar-refractivity contribution is 6.19. The monoisotopic (exact) mass is 1330 g/mol. The SMILES string of the molecule is [2H]c1c([2H])c([2H])c(-c2ccc3c(c2)N(c2cccc4c5cccc(-n6c7ccc(C(C)(C)C)cc7c7cc(C(C)(C)C)ccc76)c5n(-c5ccccc5)c24)c2cc(C(C)(C)C)cc4c2C3c2ccc(-n3c5c([2H])c([2H])c([2H])c([2H])c5c5c([2H])c([2H])c([2H])c([2H])c53)cc2N4c2cc(-c3ccccc3)cc(-c3ccccc3)c2)c([2H])c1[2H]. The summed E-state index contributed by atoms with van der Waals surface area (Å²) >= 11 is 0. The Morgan fingerprint density at radius 2 is 0.765 bits per heavy atom. The molecule has 1 atom stereocenters. The largest absolute Gasteiger partial charge is 0.310 e. The van der Waals surface area contributed by atoms with Gasteiger partial charge in [-0.3, -0.25) is 0 Å². The van der Waals surface area contributed by atoms with Gasteiger partial charge in [-0.2, -0.15) is 0 Å². The van der Waals surface area contributed by atoms with Crippen molar-refractivity contribution in [2.24, 2.45) is 0 Å². The fourth-order valence-electron chi connectivity index (χ4n) is 16.1. The second kappa shape index (κ2) is 22.8. The van der Waals surface area contributed by atoms with Gasteiger partial charge >= 0.3 is 0 Å². The molecule has 1 unspecified atom stereocenters. The zero-order valence-corrected chi connectivity index (χ0v) is 58.3. The van der Waals surface area contributed by atoms with Crippen molar-refractivity contribution in [1.29, 1.82) is 0 Å². The van der Waals surface area contributed by atoms with Crippen LogP contribution in [0, 0.1) is 0 Å². The Kier molecular flexibility index (Phi) is 10.9. The van der Waals surface area contributed by atoms with E-state index in [9.17, 15) is 11.0 Å². The maximum atomic E-state index is 9.75. The van der Waals surface area contributed by atoms with Crippen molar-refractivity contribution in [3.63, 3.8) is 0 Å². The van der Waals surface area contributed by atoms with E-state index in [-0.39, 0.29) is 50.3 Å². The molecule has 0 aliphatic carbocycles. The van der Waals surface area contributed by atoms with Gasteiger partial charge in [0.1, 0.15) is 0 Å². The second-order valence-corrected chi connectivity index (χ2v) is 30.4. The highest BCUT2D eigenvalue weighted by atomic mass is 15.2. The smallest absolute Gasteiger partial charge is 0.0783 e. The first-order valence-electron chi connectivity index (χ1n) is 41.5.